The minimum atomic E-state index is 0.794. The summed E-state index contributed by atoms with van der Waals surface area (Å²) in [5, 5.41) is 4.87. The maximum atomic E-state index is 3.34. The third-order valence-corrected chi connectivity index (χ3v) is 4.75. The van der Waals surface area contributed by atoms with Crippen LogP contribution < -0.4 is 5.32 Å². The van der Waals surface area contributed by atoms with E-state index in [2.05, 4.69) is 50.0 Å². The second-order valence-electron chi connectivity index (χ2n) is 6.07. The van der Waals surface area contributed by atoms with Gasteiger partial charge in [-0.1, -0.05) is 12.1 Å². The Kier molecular flexibility index (Phi) is 3.14. The lowest BCUT2D eigenvalue weighted by atomic mass is 9.85. The van der Waals surface area contributed by atoms with E-state index in [9.17, 15) is 0 Å². The summed E-state index contributed by atoms with van der Waals surface area (Å²) in [6.45, 7) is 5.63. The Bertz CT molecular complexity index is 622. The maximum Gasteiger partial charge on any atom is 0.0515 e. The van der Waals surface area contributed by atoms with Gasteiger partial charge in [-0.05, 0) is 69.3 Å². The summed E-state index contributed by atoms with van der Waals surface area (Å²) in [6.07, 6.45) is 3.78. The van der Waals surface area contributed by atoms with Gasteiger partial charge in [-0.15, -0.1) is 0 Å². The number of fused-ring (bicyclic) bond motifs is 3. The number of benzene rings is 1. The minimum Gasteiger partial charge on any atom is -0.347 e. The molecule has 0 radical (unpaired) electrons. The van der Waals surface area contributed by atoms with Crippen LogP contribution in [0, 0.1) is 19.8 Å². The van der Waals surface area contributed by atoms with E-state index in [1.165, 1.54) is 41.3 Å². The Morgan fingerprint density at radius 3 is 2.74 bits per heavy atom. The van der Waals surface area contributed by atoms with Crippen LogP contribution in [0.25, 0.3) is 10.9 Å². The fraction of sp³-hybridized carbons (Fsp3) is 0.529. The van der Waals surface area contributed by atoms with Gasteiger partial charge in [0.05, 0.1) is 5.52 Å². The smallest absolute Gasteiger partial charge is 0.0515 e. The minimum absolute atomic E-state index is 0.794. The lowest BCUT2D eigenvalue weighted by Gasteiger charge is -2.23. The van der Waals surface area contributed by atoms with Gasteiger partial charge in [-0.2, -0.15) is 0 Å². The molecule has 19 heavy (non-hydrogen) atoms. The van der Waals surface area contributed by atoms with Crippen molar-refractivity contribution >= 4 is 10.9 Å². The number of nitrogens with one attached hydrogen (secondary N) is 1. The van der Waals surface area contributed by atoms with Crippen LogP contribution in [0.3, 0.4) is 0 Å². The van der Waals surface area contributed by atoms with Crippen LogP contribution in [0.2, 0.25) is 0 Å². The van der Waals surface area contributed by atoms with Crippen molar-refractivity contribution in [3.05, 3.63) is 34.5 Å². The number of nitrogens with zero attached hydrogens (tertiary/aromatic N) is 1. The Morgan fingerprint density at radius 2 is 2.00 bits per heavy atom. The molecule has 0 saturated carbocycles. The fourth-order valence-electron chi connectivity index (χ4n) is 3.82. The van der Waals surface area contributed by atoms with E-state index in [0.29, 0.717) is 0 Å². The van der Waals surface area contributed by atoms with Crippen LogP contribution in [0.15, 0.2) is 12.1 Å². The highest BCUT2D eigenvalue weighted by Gasteiger charge is 2.25. The van der Waals surface area contributed by atoms with Crippen molar-refractivity contribution in [1.29, 1.82) is 0 Å². The van der Waals surface area contributed by atoms with Gasteiger partial charge in [0.2, 0.25) is 0 Å². The molecule has 0 amide bonds. The molecule has 2 heteroatoms. The predicted octanol–water partition coefficient (Wildman–Crippen LogP) is 3.12. The summed E-state index contributed by atoms with van der Waals surface area (Å²) in [7, 11) is 4.31. The standard InChI is InChI=1S/C17H24N2/c1-11-5-6-12(2)17-16(11)14-9-13(10-18-3)7-8-15(14)19(17)4/h5-6,13,18H,7-10H2,1-4H3. The molecular formula is C17H24N2. The molecule has 3 rings (SSSR count). The quantitative estimate of drug-likeness (QED) is 0.873. The highest BCUT2D eigenvalue weighted by molar-refractivity contribution is 5.91. The van der Waals surface area contributed by atoms with Crippen molar-refractivity contribution in [1.82, 2.24) is 9.88 Å². The zero-order chi connectivity index (χ0) is 13.6. The molecule has 2 aromatic rings. The van der Waals surface area contributed by atoms with Gasteiger partial charge in [-0.3, -0.25) is 0 Å². The molecule has 0 bridgehead atoms. The third-order valence-electron chi connectivity index (χ3n) is 4.75. The second-order valence-corrected chi connectivity index (χ2v) is 6.07. The van der Waals surface area contributed by atoms with Crippen LogP contribution in [0.1, 0.15) is 28.8 Å². The summed E-state index contributed by atoms with van der Waals surface area (Å²) in [5.41, 5.74) is 7.48. The van der Waals surface area contributed by atoms with E-state index >= 15 is 0 Å². The molecule has 1 aromatic heterocycles. The molecular weight excluding hydrogens is 232 g/mol. The first-order valence-corrected chi connectivity index (χ1v) is 7.34. The molecule has 1 aliphatic rings. The summed E-state index contributed by atoms with van der Waals surface area (Å²) < 4.78 is 2.45. The summed E-state index contributed by atoms with van der Waals surface area (Å²) in [6, 6.07) is 4.54. The third kappa shape index (κ3) is 1.90. The molecule has 1 aliphatic carbocycles. The largest absolute Gasteiger partial charge is 0.347 e. The van der Waals surface area contributed by atoms with Crippen molar-refractivity contribution in [2.75, 3.05) is 13.6 Å². The van der Waals surface area contributed by atoms with Gasteiger partial charge in [-0.25, -0.2) is 0 Å². The molecule has 102 valence electrons. The molecule has 1 heterocycles. The Balaban J connectivity index is 2.20. The summed E-state index contributed by atoms with van der Waals surface area (Å²) in [5.74, 6) is 0.794. The maximum absolute atomic E-state index is 3.34. The molecule has 1 atom stereocenters. The van der Waals surface area contributed by atoms with E-state index in [-0.39, 0.29) is 0 Å². The monoisotopic (exact) mass is 256 g/mol. The van der Waals surface area contributed by atoms with Crippen molar-refractivity contribution in [2.24, 2.45) is 13.0 Å². The topological polar surface area (TPSA) is 17.0 Å². The molecule has 1 unspecified atom stereocenters. The average Bonchev–Trinajstić information content (AvgIpc) is 2.69. The van der Waals surface area contributed by atoms with Crippen LogP contribution >= 0.6 is 0 Å². The zero-order valence-corrected chi connectivity index (χ0v) is 12.5. The van der Waals surface area contributed by atoms with E-state index in [1.807, 2.05) is 0 Å². The van der Waals surface area contributed by atoms with Crippen molar-refractivity contribution in [3.8, 4) is 0 Å². The number of hydrogen-bond acceptors (Lipinski definition) is 1. The van der Waals surface area contributed by atoms with Crippen LogP contribution in [0.4, 0.5) is 0 Å². The Hall–Kier alpha value is -1.28. The van der Waals surface area contributed by atoms with Crippen LogP contribution in [-0.4, -0.2) is 18.2 Å². The first-order chi connectivity index (χ1) is 9.13. The average molecular weight is 256 g/mol. The molecule has 2 nitrogen and oxygen atoms in total. The highest BCUT2D eigenvalue weighted by atomic mass is 15.0. The van der Waals surface area contributed by atoms with Crippen molar-refractivity contribution in [3.63, 3.8) is 0 Å². The van der Waals surface area contributed by atoms with E-state index < -0.39 is 0 Å². The Labute approximate surface area is 115 Å². The van der Waals surface area contributed by atoms with Crippen molar-refractivity contribution in [2.45, 2.75) is 33.1 Å². The Morgan fingerprint density at radius 1 is 1.26 bits per heavy atom. The van der Waals surface area contributed by atoms with Gasteiger partial charge in [0.25, 0.3) is 0 Å². The first kappa shape index (κ1) is 12.7. The van der Waals surface area contributed by atoms with E-state index in [4.69, 9.17) is 0 Å². The highest BCUT2D eigenvalue weighted by Crippen LogP contribution is 2.36. The molecule has 0 spiro atoms. The predicted molar refractivity (Wildman–Crippen MR) is 81.8 cm³/mol. The first-order valence-electron chi connectivity index (χ1n) is 7.34. The SMILES string of the molecule is CNCC1CCc2c(c3c(C)ccc(C)c3n2C)C1. The number of aryl methyl sites for hydroxylation is 3. The molecule has 1 N–H and O–H groups in total. The second kappa shape index (κ2) is 4.68. The molecule has 0 fully saturated rings. The lowest BCUT2D eigenvalue weighted by molar-refractivity contribution is 0.434. The number of hydrogen-bond donors (Lipinski definition) is 1. The van der Waals surface area contributed by atoms with Gasteiger partial charge < -0.3 is 9.88 Å². The molecule has 0 saturated heterocycles. The van der Waals surface area contributed by atoms with Crippen molar-refractivity contribution < 1.29 is 0 Å². The van der Waals surface area contributed by atoms with Gasteiger partial charge >= 0.3 is 0 Å². The normalized spacial score (nSPS) is 18.8. The summed E-state index contributed by atoms with van der Waals surface area (Å²) in [4.78, 5) is 0. The van der Waals surface area contributed by atoms with Crippen LogP contribution in [0.5, 0.6) is 0 Å². The van der Waals surface area contributed by atoms with E-state index in [1.54, 1.807) is 11.3 Å². The van der Waals surface area contributed by atoms with E-state index in [0.717, 1.165) is 12.5 Å². The fourth-order valence-corrected chi connectivity index (χ4v) is 3.82. The molecule has 1 aromatic carbocycles. The molecule has 0 aliphatic heterocycles. The zero-order valence-electron chi connectivity index (χ0n) is 12.5. The lowest BCUT2D eigenvalue weighted by Crippen LogP contribution is -2.25. The summed E-state index contributed by atoms with van der Waals surface area (Å²) >= 11 is 0. The van der Waals surface area contributed by atoms with Gasteiger partial charge in [0.1, 0.15) is 0 Å². The van der Waals surface area contributed by atoms with Gasteiger partial charge in [0.15, 0.2) is 0 Å². The van der Waals surface area contributed by atoms with Gasteiger partial charge in [0, 0.05) is 18.1 Å². The number of aromatic nitrogens is 1. The van der Waals surface area contributed by atoms with Crippen LogP contribution in [-0.2, 0) is 19.9 Å². The number of rotatable bonds is 2.